The number of benzene rings is 2. The molecule has 0 saturated carbocycles. The van der Waals surface area contributed by atoms with Gasteiger partial charge < -0.3 is 4.74 Å². The predicted octanol–water partition coefficient (Wildman–Crippen LogP) is 2.19. The molecule has 6 nitrogen and oxygen atoms in total. The monoisotopic (exact) mass is 336 g/mol. The quantitative estimate of drug-likeness (QED) is 0.527. The summed E-state index contributed by atoms with van der Waals surface area (Å²) in [7, 11) is 0. The second-order valence-corrected chi connectivity index (χ2v) is 5.34. The van der Waals surface area contributed by atoms with E-state index in [0.29, 0.717) is 16.6 Å². The lowest BCUT2D eigenvalue weighted by molar-refractivity contribution is -0.143. The molecule has 0 atom stereocenters. The van der Waals surface area contributed by atoms with Crippen molar-refractivity contribution in [1.29, 1.82) is 0 Å². The first-order valence-electron chi connectivity index (χ1n) is 7.86. The van der Waals surface area contributed by atoms with Crippen molar-refractivity contribution in [2.75, 3.05) is 6.61 Å². The number of nitrogens with zero attached hydrogens (tertiary/aromatic N) is 2. The number of carbonyl (C=O) groups is 2. The van der Waals surface area contributed by atoms with E-state index in [9.17, 15) is 14.4 Å². The molecular weight excluding hydrogens is 320 g/mol. The van der Waals surface area contributed by atoms with E-state index < -0.39 is 17.3 Å². The molecule has 0 aliphatic rings. The molecule has 0 bridgehead atoms. The molecule has 0 spiro atoms. The van der Waals surface area contributed by atoms with Gasteiger partial charge in [-0.2, -0.15) is 0 Å². The van der Waals surface area contributed by atoms with Crippen molar-refractivity contribution in [2.45, 2.75) is 13.5 Å². The van der Waals surface area contributed by atoms with Crippen LogP contribution < -0.4 is 5.56 Å². The average molecular weight is 336 g/mol. The zero-order chi connectivity index (χ0) is 17.8. The van der Waals surface area contributed by atoms with Crippen LogP contribution in [-0.2, 0) is 16.1 Å². The number of hydrogen-bond donors (Lipinski definition) is 0. The molecule has 6 heteroatoms. The van der Waals surface area contributed by atoms with Crippen molar-refractivity contribution >= 4 is 22.8 Å². The van der Waals surface area contributed by atoms with Crippen molar-refractivity contribution in [3.05, 3.63) is 76.2 Å². The molecule has 25 heavy (non-hydrogen) atoms. The summed E-state index contributed by atoms with van der Waals surface area (Å²) >= 11 is 0. The summed E-state index contributed by atoms with van der Waals surface area (Å²) in [5, 5.41) is 0. The summed E-state index contributed by atoms with van der Waals surface area (Å²) < 4.78 is 6.16. The van der Waals surface area contributed by atoms with Gasteiger partial charge in [0.05, 0.1) is 17.6 Å². The summed E-state index contributed by atoms with van der Waals surface area (Å²) in [5.74, 6) is -1.02. The standard InChI is InChI=1S/C19H16N2O4/c1-2-25-16(22)12-21-15-11-7-6-10-14(15)20-17(19(21)24)18(23)13-8-4-3-5-9-13/h3-11H,2,12H2,1H3. The molecule has 3 rings (SSSR count). The van der Waals surface area contributed by atoms with Gasteiger partial charge in [-0.1, -0.05) is 42.5 Å². The first kappa shape index (κ1) is 16.6. The van der Waals surface area contributed by atoms with Gasteiger partial charge in [-0.3, -0.25) is 19.0 Å². The van der Waals surface area contributed by atoms with Crippen molar-refractivity contribution in [1.82, 2.24) is 9.55 Å². The Morgan fingerprint density at radius 1 is 1.04 bits per heavy atom. The molecule has 126 valence electrons. The Hall–Kier alpha value is -3.28. The molecule has 0 radical (unpaired) electrons. The van der Waals surface area contributed by atoms with E-state index in [4.69, 9.17) is 4.74 Å². The Bertz CT molecular complexity index is 993. The van der Waals surface area contributed by atoms with Crippen molar-refractivity contribution in [3.63, 3.8) is 0 Å². The Morgan fingerprint density at radius 2 is 1.72 bits per heavy atom. The van der Waals surface area contributed by atoms with Crippen LogP contribution in [0.15, 0.2) is 59.4 Å². The largest absolute Gasteiger partial charge is 0.465 e. The number of esters is 1. The van der Waals surface area contributed by atoms with E-state index in [1.807, 2.05) is 0 Å². The van der Waals surface area contributed by atoms with Gasteiger partial charge in [0, 0.05) is 5.56 Å². The highest BCUT2D eigenvalue weighted by Gasteiger charge is 2.20. The van der Waals surface area contributed by atoms with Gasteiger partial charge in [-0.15, -0.1) is 0 Å². The van der Waals surface area contributed by atoms with Gasteiger partial charge in [0.25, 0.3) is 5.56 Å². The molecule has 0 aliphatic carbocycles. The number of fused-ring (bicyclic) bond motifs is 1. The zero-order valence-corrected chi connectivity index (χ0v) is 13.6. The van der Waals surface area contributed by atoms with Crippen molar-refractivity contribution in [3.8, 4) is 0 Å². The minimum absolute atomic E-state index is 0.214. The van der Waals surface area contributed by atoms with Gasteiger partial charge in [-0.25, -0.2) is 4.98 Å². The van der Waals surface area contributed by atoms with Crippen LogP contribution in [0.3, 0.4) is 0 Å². The molecule has 0 N–H and O–H groups in total. The van der Waals surface area contributed by atoms with Crippen LogP contribution in [0.5, 0.6) is 0 Å². The van der Waals surface area contributed by atoms with E-state index in [1.165, 1.54) is 4.57 Å². The van der Waals surface area contributed by atoms with E-state index in [2.05, 4.69) is 4.98 Å². The maximum absolute atomic E-state index is 12.8. The fourth-order valence-electron chi connectivity index (χ4n) is 2.56. The van der Waals surface area contributed by atoms with Gasteiger partial charge in [0.2, 0.25) is 5.78 Å². The second kappa shape index (κ2) is 7.09. The van der Waals surface area contributed by atoms with Crippen molar-refractivity contribution < 1.29 is 14.3 Å². The number of aromatic nitrogens is 2. The van der Waals surface area contributed by atoms with Crippen LogP contribution in [0, 0.1) is 0 Å². The van der Waals surface area contributed by atoms with Crippen LogP contribution in [0.4, 0.5) is 0 Å². The normalized spacial score (nSPS) is 10.6. The number of rotatable bonds is 5. The predicted molar refractivity (Wildman–Crippen MR) is 92.5 cm³/mol. The lowest BCUT2D eigenvalue weighted by Crippen LogP contribution is -2.31. The molecule has 3 aromatic rings. The molecule has 1 aromatic heterocycles. The number of ketones is 1. The lowest BCUT2D eigenvalue weighted by atomic mass is 10.1. The first-order chi connectivity index (χ1) is 12.1. The number of carbonyl (C=O) groups excluding carboxylic acids is 2. The van der Waals surface area contributed by atoms with E-state index in [-0.39, 0.29) is 18.8 Å². The second-order valence-electron chi connectivity index (χ2n) is 5.34. The third kappa shape index (κ3) is 3.33. The van der Waals surface area contributed by atoms with Gasteiger partial charge >= 0.3 is 5.97 Å². The molecule has 2 aromatic carbocycles. The average Bonchev–Trinajstić information content (AvgIpc) is 2.64. The summed E-state index contributed by atoms with van der Waals surface area (Å²) in [6.45, 7) is 1.63. The molecule has 0 saturated heterocycles. The van der Waals surface area contributed by atoms with Gasteiger partial charge in [0.15, 0.2) is 5.69 Å². The summed E-state index contributed by atoms with van der Waals surface area (Å²) in [6.07, 6.45) is 0. The third-order valence-corrected chi connectivity index (χ3v) is 3.70. The lowest BCUT2D eigenvalue weighted by Gasteiger charge is -2.11. The van der Waals surface area contributed by atoms with Crippen LogP contribution >= 0.6 is 0 Å². The minimum Gasteiger partial charge on any atom is -0.465 e. The van der Waals surface area contributed by atoms with Crippen LogP contribution in [0.25, 0.3) is 11.0 Å². The van der Waals surface area contributed by atoms with E-state index >= 15 is 0 Å². The topological polar surface area (TPSA) is 78.3 Å². The van der Waals surface area contributed by atoms with Gasteiger partial charge in [0.1, 0.15) is 6.54 Å². The maximum Gasteiger partial charge on any atom is 0.326 e. The Kier molecular flexibility index (Phi) is 4.70. The van der Waals surface area contributed by atoms with Crippen LogP contribution in [0.2, 0.25) is 0 Å². The Morgan fingerprint density at radius 3 is 2.44 bits per heavy atom. The van der Waals surface area contributed by atoms with E-state index in [0.717, 1.165) is 0 Å². The number of hydrogen-bond acceptors (Lipinski definition) is 5. The van der Waals surface area contributed by atoms with E-state index in [1.54, 1.807) is 61.5 Å². The van der Waals surface area contributed by atoms with Gasteiger partial charge in [-0.05, 0) is 19.1 Å². The highest BCUT2D eigenvalue weighted by Crippen LogP contribution is 2.12. The SMILES string of the molecule is CCOC(=O)Cn1c(=O)c(C(=O)c2ccccc2)nc2ccccc21. The molecule has 0 amide bonds. The Balaban J connectivity index is 2.17. The third-order valence-electron chi connectivity index (χ3n) is 3.70. The number of para-hydroxylation sites is 2. The van der Waals surface area contributed by atoms with Crippen molar-refractivity contribution in [2.24, 2.45) is 0 Å². The molecule has 0 fully saturated rings. The molecule has 0 unspecified atom stereocenters. The first-order valence-corrected chi connectivity index (χ1v) is 7.86. The molecule has 1 heterocycles. The fraction of sp³-hybridized carbons (Fsp3) is 0.158. The summed E-state index contributed by atoms with van der Waals surface area (Å²) in [4.78, 5) is 41.6. The Labute approximate surface area is 143 Å². The number of ether oxygens (including phenoxy) is 1. The highest BCUT2D eigenvalue weighted by molar-refractivity contribution is 6.08. The fourth-order valence-corrected chi connectivity index (χ4v) is 2.56. The zero-order valence-electron chi connectivity index (χ0n) is 13.6. The van der Waals surface area contributed by atoms with Crippen LogP contribution in [0.1, 0.15) is 23.0 Å². The minimum atomic E-state index is -0.611. The van der Waals surface area contributed by atoms with Crippen LogP contribution in [-0.4, -0.2) is 27.9 Å². The molecular formula is C19H16N2O4. The maximum atomic E-state index is 12.8. The highest BCUT2D eigenvalue weighted by atomic mass is 16.5. The molecule has 0 aliphatic heterocycles. The smallest absolute Gasteiger partial charge is 0.326 e. The summed E-state index contributed by atoms with van der Waals surface area (Å²) in [6, 6.07) is 15.3. The summed E-state index contributed by atoms with van der Waals surface area (Å²) in [5.41, 5.74) is 0.482.